The molecule has 4 heteroatoms. The molecular weight excluding hydrogens is 234 g/mol. The summed E-state index contributed by atoms with van der Waals surface area (Å²) in [4.78, 5) is 0. The molecule has 0 amide bonds. The fourth-order valence-electron chi connectivity index (χ4n) is 1.48. The van der Waals surface area contributed by atoms with Gasteiger partial charge in [-0.05, 0) is 25.1 Å². The average molecular weight is 251 g/mol. The van der Waals surface area contributed by atoms with Crippen molar-refractivity contribution in [2.45, 2.75) is 13.0 Å². The molecule has 0 aromatic heterocycles. The van der Waals surface area contributed by atoms with Crippen molar-refractivity contribution in [2.24, 2.45) is 0 Å². The maximum absolute atomic E-state index is 9.66. The molecule has 1 atom stereocenters. The minimum atomic E-state index is -0.00599. The van der Waals surface area contributed by atoms with Gasteiger partial charge in [-0.25, -0.2) is 0 Å². The summed E-state index contributed by atoms with van der Waals surface area (Å²) in [5.41, 5.74) is 0.701. The van der Waals surface area contributed by atoms with Crippen LogP contribution in [0.5, 0.6) is 11.5 Å². The van der Waals surface area contributed by atoms with Crippen molar-refractivity contribution < 1.29 is 10.2 Å². The van der Waals surface area contributed by atoms with Crippen LogP contribution in [0.15, 0.2) is 18.2 Å². The number of hydrogen-bond donors (Lipinski definition) is 3. The SMILES string of the molecule is C#CCSCCNC(C)c1cc(O)ccc1O. The van der Waals surface area contributed by atoms with E-state index in [2.05, 4.69) is 11.2 Å². The van der Waals surface area contributed by atoms with Crippen molar-refractivity contribution in [1.82, 2.24) is 5.32 Å². The predicted octanol–water partition coefficient (Wildman–Crippen LogP) is 2.11. The third-order valence-electron chi connectivity index (χ3n) is 2.36. The minimum absolute atomic E-state index is 0.00599. The minimum Gasteiger partial charge on any atom is -0.508 e. The van der Waals surface area contributed by atoms with E-state index in [1.165, 1.54) is 12.1 Å². The van der Waals surface area contributed by atoms with Gasteiger partial charge in [0.1, 0.15) is 11.5 Å². The third kappa shape index (κ3) is 4.59. The zero-order chi connectivity index (χ0) is 12.7. The zero-order valence-electron chi connectivity index (χ0n) is 9.81. The lowest BCUT2D eigenvalue weighted by molar-refractivity contribution is 0.443. The lowest BCUT2D eigenvalue weighted by Crippen LogP contribution is -2.21. The van der Waals surface area contributed by atoms with E-state index < -0.39 is 0 Å². The third-order valence-corrected chi connectivity index (χ3v) is 3.22. The molecule has 0 aliphatic heterocycles. The molecule has 0 spiro atoms. The molecule has 0 aliphatic rings. The first kappa shape index (κ1) is 13.8. The summed E-state index contributed by atoms with van der Waals surface area (Å²) < 4.78 is 0. The number of phenolic OH excluding ortho intramolecular Hbond substituents is 2. The number of rotatable bonds is 6. The number of nitrogens with one attached hydrogen (secondary N) is 1. The predicted molar refractivity (Wildman–Crippen MR) is 72.3 cm³/mol. The molecule has 17 heavy (non-hydrogen) atoms. The molecule has 1 aromatic rings. The van der Waals surface area contributed by atoms with Crippen LogP contribution >= 0.6 is 11.8 Å². The Hall–Kier alpha value is -1.31. The van der Waals surface area contributed by atoms with Crippen LogP contribution in [-0.4, -0.2) is 28.3 Å². The monoisotopic (exact) mass is 251 g/mol. The highest BCUT2D eigenvalue weighted by Crippen LogP contribution is 2.27. The van der Waals surface area contributed by atoms with Crippen molar-refractivity contribution in [1.29, 1.82) is 0 Å². The van der Waals surface area contributed by atoms with Gasteiger partial charge in [0.25, 0.3) is 0 Å². The summed E-state index contributed by atoms with van der Waals surface area (Å²) in [6, 6.07) is 4.53. The second kappa shape index (κ2) is 7.10. The van der Waals surface area contributed by atoms with Gasteiger partial charge in [0, 0.05) is 23.9 Å². The summed E-state index contributed by atoms with van der Waals surface area (Å²) in [6.07, 6.45) is 5.15. The maximum atomic E-state index is 9.66. The Balaban J connectivity index is 2.44. The number of aromatic hydroxyl groups is 2. The summed E-state index contributed by atoms with van der Waals surface area (Å²) >= 11 is 1.69. The van der Waals surface area contributed by atoms with E-state index in [0.29, 0.717) is 11.3 Å². The molecule has 3 nitrogen and oxygen atoms in total. The quantitative estimate of drug-likeness (QED) is 0.412. The first-order valence-corrected chi connectivity index (χ1v) is 6.57. The van der Waals surface area contributed by atoms with Gasteiger partial charge in [0.15, 0.2) is 0 Å². The fourth-order valence-corrected chi connectivity index (χ4v) is 2.00. The van der Waals surface area contributed by atoms with E-state index in [-0.39, 0.29) is 17.5 Å². The number of terminal acetylenes is 1. The van der Waals surface area contributed by atoms with Crippen LogP contribution in [0, 0.1) is 12.3 Å². The van der Waals surface area contributed by atoms with E-state index in [9.17, 15) is 10.2 Å². The van der Waals surface area contributed by atoms with Gasteiger partial charge in [-0.15, -0.1) is 18.2 Å². The van der Waals surface area contributed by atoms with Crippen molar-refractivity contribution in [2.75, 3.05) is 18.1 Å². The molecule has 0 saturated carbocycles. The molecule has 1 aromatic carbocycles. The first-order valence-electron chi connectivity index (χ1n) is 5.41. The highest BCUT2D eigenvalue weighted by Gasteiger charge is 2.10. The summed E-state index contributed by atoms with van der Waals surface area (Å²) in [6.45, 7) is 2.75. The van der Waals surface area contributed by atoms with Crippen LogP contribution in [0.4, 0.5) is 0 Å². The van der Waals surface area contributed by atoms with Crippen molar-refractivity contribution in [3.05, 3.63) is 23.8 Å². The normalized spacial score (nSPS) is 12.0. The molecular formula is C13H17NO2S. The second-order valence-corrected chi connectivity index (χ2v) is 4.78. The number of phenols is 2. The Bertz CT molecular complexity index is 401. The number of benzene rings is 1. The van der Waals surface area contributed by atoms with Crippen molar-refractivity contribution >= 4 is 11.8 Å². The molecule has 1 unspecified atom stereocenters. The summed E-state index contributed by atoms with van der Waals surface area (Å²) in [7, 11) is 0. The van der Waals surface area contributed by atoms with Gasteiger partial charge in [-0.3, -0.25) is 0 Å². The van der Waals surface area contributed by atoms with Crippen LogP contribution in [0.1, 0.15) is 18.5 Å². The molecule has 0 aliphatic carbocycles. The Morgan fingerprint density at radius 1 is 1.47 bits per heavy atom. The molecule has 1 rings (SSSR count). The summed E-state index contributed by atoms with van der Waals surface area (Å²) in [5, 5.41) is 22.3. The van der Waals surface area contributed by atoms with Gasteiger partial charge >= 0.3 is 0 Å². The van der Waals surface area contributed by atoms with Gasteiger partial charge in [0.05, 0.1) is 5.75 Å². The smallest absolute Gasteiger partial charge is 0.120 e. The Labute approximate surface area is 106 Å². The van der Waals surface area contributed by atoms with Gasteiger partial charge in [0.2, 0.25) is 0 Å². The number of thioether (sulfide) groups is 1. The highest BCUT2D eigenvalue weighted by molar-refractivity contribution is 7.99. The lowest BCUT2D eigenvalue weighted by Gasteiger charge is -2.15. The van der Waals surface area contributed by atoms with Crippen LogP contribution in [0.3, 0.4) is 0 Å². The summed E-state index contributed by atoms with van der Waals surface area (Å²) in [5.74, 6) is 4.56. The number of hydrogen-bond acceptors (Lipinski definition) is 4. The van der Waals surface area contributed by atoms with Crippen LogP contribution in [-0.2, 0) is 0 Å². The van der Waals surface area contributed by atoms with E-state index in [0.717, 1.165) is 12.3 Å². The van der Waals surface area contributed by atoms with Gasteiger partial charge in [-0.1, -0.05) is 5.92 Å². The van der Waals surface area contributed by atoms with Crippen LogP contribution in [0.2, 0.25) is 0 Å². The van der Waals surface area contributed by atoms with Gasteiger partial charge in [-0.2, -0.15) is 0 Å². The standard InChI is InChI=1S/C13H17NO2S/c1-3-7-17-8-6-14-10(2)12-9-11(15)4-5-13(12)16/h1,4-5,9-10,14-16H,6-8H2,2H3. The molecule has 0 radical (unpaired) electrons. The molecule has 3 N–H and O–H groups in total. The van der Waals surface area contributed by atoms with Crippen LogP contribution in [0.25, 0.3) is 0 Å². The van der Waals surface area contributed by atoms with Gasteiger partial charge < -0.3 is 15.5 Å². The molecule has 0 fully saturated rings. The van der Waals surface area contributed by atoms with E-state index in [1.54, 1.807) is 17.8 Å². The van der Waals surface area contributed by atoms with E-state index in [4.69, 9.17) is 6.42 Å². The molecule has 0 saturated heterocycles. The molecule has 92 valence electrons. The van der Waals surface area contributed by atoms with E-state index in [1.807, 2.05) is 6.92 Å². The largest absolute Gasteiger partial charge is 0.508 e. The molecule has 0 heterocycles. The molecule has 0 bridgehead atoms. The lowest BCUT2D eigenvalue weighted by atomic mass is 10.1. The first-order chi connectivity index (χ1) is 8.15. The second-order valence-electron chi connectivity index (χ2n) is 3.68. The zero-order valence-corrected chi connectivity index (χ0v) is 10.6. The average Bonchev–Trinajstić information content (AvgIpc) is 2.32. The van der Waals surface area contributed by atoms with E-state index >= 15 is 0 Å². The Kier molecular flexibility index (Phi) is 5.75. The maximum Gasteiger partial charge on any atom is 0.120 e. The highest BCUT2D eigenvalue weighted by atomic mass is 32.2. The Morgan fingerprint density at radius 2 is 2.24 bits per heavy atom. The topological polar surface area (TPSA) is 52.5 Å². The van der Waals surface area contributed by atoms with Crippen molar-refractivity contribution in [3.8, 4) is 23.8 Å². The Morgan fingerprint density at radius 3 is 2.94 bits per heavy atom. The fraction of sp³-hybridized carbons (Fsp3) is 0.385. The van der Waals surface area contributed by atoms with Crippen molar-refractivity contribution in [3.63, 3.8) is 0 Å². The van der Waals surface area contributed by atoms with Crippen LogP contribution < -0.4 is 5.32 Å².